The Morgan fingerprint density at radius 2 is 2.08 bits per heavy atom. The summed E-state index contributed by atoms with van der Waals surface area (Å²) in [5.74, 6) is 1.33. The molecule has 0 radical (unpaired) electrons. The second kappa shape index (κ2) is 4.36. The second-order valence-corrected chi connectivity index (χ2v) is 2.37. The molecule has 0 amide bonds. The highest BCUT2D eigenvalue weighted by Crippen LogP contribution is 2.31. The smallest absolute Gasteiger partial charge is 0.175 e. The Bertz CT molecular complexity index is 316. The van der Waals surface area contributed by atoms with Gasteiger partial charge in [-0.15, -0.1) is 0 Å². The largest absolute Gasteiger partial charge is 0.493 e. The van der Waals surface area contributed by atoms with Crippen molar-refractivity contribution in [1.82, 2.24) is 0 Å². The summed E-state index contributed by atoms with van der Waals surface area (Å²) >= 11 is 0. The van der Waals surface area contributed by atoms with E-state index in [2.05, 4.69) is 13.2 Å². The van der Waals surface area contributed by atoms with Gasteiger partial charge in [-0.1, -0.05) is 31.4 Å². The van der Waals surface area contributed by atoms with Crippen LogP contribution in [0.25, 0.3) is 6.08 Å². The molecular formula is C11H12O2. The van der Waals surface area contributed by atoms with Crippen molar-refractivity contribution in [1.29, 1.82) is 0 Å². The van der Waals surface area contributed by atoms with Gasteiger partial charge in [-0.2, -0.15) is 0 Å². The Morgan fingerprint density at radius 1 is 1.31 bits per heavy atom. The van der Waals surface area contributed by atoms with Gasteiger partial charge < -0.3 is 9.47 Å². The van der Waals surface area contributed by atoms with Gasteiger partial charge >= 0.3 is 0 Å². The third-order valence-corrected chi connectivity index (χ3v) is 1.65. The molecule has 0 atom stereocenters. The van der Waals surface area contributed by atoms with E-state index < -0.39 is 0 Å². The van der Waals surface area contributed by atoms with Gasteiger partial charge in [-0.3, -0.25) is 0 Å². The summed E-state index contributed by atoms with van der Waals surface area (Å²) in [6.07, 6.45) is 3.08. The minimum Gasteiger partial charge on any atom is -0.493 e. The van der Waals surface area contributed by atoms with Crippen LogP contribution < -0.4 is 9.47 Å². The van der Waals surface area contributed by atoms with Crippen molar-refractivity contribution in [2.45, 2.75) is 0 Å². The third kappa shape index (κ3) is 1.90. The highest BCUT2D eigenvalue weighted by Gasteiger charge is 2.06. The average molecular weight is 176 g/mol. The van der Waals surface area contributed by atoms with Crippen molar-refractivity contribution in [3.05, 3.63) is 43.2 Å². The molecule has 13 heavy (non-hydrogen) atoms. The summed E-state index contributed by atoms with van der Waals surface area (Å²) in [5.41, 5.74) is 0.888. The number of hydrogen-bond donors (Lipinski definition) is 0. The van der Waals surface area contributed by atoms with E-state index in [-0.39, 0.29) is 0 Å². The lowest BCUT2D eigenvalue weighted by atomic mass is 10.2. The van der Waals surface area contributed by atoms with Gasteiger partial charge in [-0.25, -0.2) is 0 Å². The van der Waals surface area contributed by atoms with E-state index >= 15 is 0 Å². The molecule has 0 aromatic heterocycles. The Kier molecular flexibility index (Phi) is 3.15. The number of hydrogen-bond acceptors (Lipinski definition) is 2. The van der Waals surface area contributed by atoms with Gasteiger partial charge in [-0.05, 0) is 6.07 Å². The maximum absolute atomic E-state index is 5.22. The van der Waals surface area contributed by atoms with Crippen LogP contribution in [0.3, 0.4) is 0 Å². The van der Waals surface area contributed by atoms with Crippen molar-refractivity contribution in [2.24, 2.45) is 0 Å². The van der Waals surface area contributed by atoms with Gasteiger partial charge in [0.15, 0.2) is 11.5 Å². The fourth-order valence-corrected chi connectivity index (χ4v) is 1.06. The van der Waals surface area contributed by atoms with Crippen molar-refractivity contribution < 1.29 is 9.47 Å². The molecule has 0 saturated heterocycles. The molecule has 0 aliphatic rings. The predicted octanol–water partition coefficient (Wildman–Crippen LogP) is 2.86. The van der Waals surface area contributed by atoms with Crippen LogP contribution in [0.15, 0.2) is 37.6 Å². The topological polar surface area (TPSA) is 18.5 Å². The molecule has 1 aromatic carbocycles. The first-order valence-corrected chi connectivity index (χ1v) is 3.90. The van der Waals surface area contributed by atoms with Crippen LogP contribution >= 0.6 is 0 Å². The van der Waals surface area contributed by atoms with Gasteiger partial charge in [0.2, 0.25) is 0 Å². The molecule has 2 nitrogen and oxygen atoms in total. The van der Waals surface area contributed by atoms with Crippen molar-refractivity contribution in [2.75, 3.05) is 7.11 Å². The summed E-state index contributed by atoms with van der Waals surface area (Å²) in [5, 5.41) is 0. The first kappa shape index (κ1) is 9.39. The number of ether oxygens (including phenoxy) is 2. The lowest BCUT2D eigenvalue weighted by molar-refractivity contribution is 0.378. The van der Waals surface area contributed by atoms with Gasteiger partial charge in [0, 0.05) is 5.56 Å². The quantitative estimate of drug-likeness (QED) is 0.657. The van der Waals surface area contributed by atoms with E-state index in [0.717, 1.165) is 5.56 Å². The summed E-state index contributed by atoms with van der Waals surface area (Å²) in [4.78, 5) is 0. The van der Waals surface area contributed by atoms with Crippen molar-refractivity contribution in [3.63, 3.8) is 0 Å². The Labute approximate surface area is 78.1 Å². The molecule has 0 unspecified atom stereocenters. The molecule has 2 heteroatoms. The monoisotopic (exact) mass is 176 g/mol. The maximum Gasteiger partial charge on any atom is 0.175 e. The SMILES string of the molecule is C=COc1c(C=C)cccc1OC. The van der Waals surface area contributed by atoms with Crippen LogP contribution in [0.1, 0.15) is 5.56 Å². The summed E-state index contributed by atoms with van der Waals surface area (Å²) in [6, 6.07) is 5.60. The molecule has 1 rings (SSSR count). The normalized spacial score (nSPS) is 9.00. The van der Waals surface area contributed by atoms with E-state index in [1.807, 2.05) is 18.2 Å². The van der Waals surface area contributed by atoms with E-state index in [9.17, 15) is 0 Å². The second-order valence-electron chi connectivity index (χ2n) is 2.37. The molecule has 0 bridgehead atoms. The van der Waals surface area contributed by atoms with E-state index in [1.54, 1.807) is 13.2 Å². The van der Waals surface area contributed by atoms with Gasteiger partial charge in [0.1, 0.15) is 0 Å². The van der Waals surface area contributed by atoms with Crippen LogP contribution in [-0.4, -0.2) is 7.11 Å². The van der Waals surface area contributed by atoms with Crippen molar-refractivity contribution >= 4 is 6.08 Å². The zero-order valence-electron chi connectivity index (χ0n) is 7.62. The first-order valence-electron chi connectivity index (χ1n) is 3.90. The van der Waals surface area contributed by atoms with Gasteiger partial charge in [0.25, 0.3) is 0 Å². The molecule has 1 aromatic rings. The zero-order valence-corrected chi connectivity index (χ0v) is 7.62. The molecule has 0 spiro atoms. The molecule has 0 aliphatic heterocycles. The lowest BCUT2D eigenvalue weighted by Gasteiger charge is -2.09. The van der Waals surface area contributed by atoms with Crippen LogP contribution in [0.4, 0.5) is 0 Å². The van der Waals surface area contributed by atoms with E-state index in [1.165, 1.54) is 6.26 Å². The highest BCUT2D eigenvalue weighted by molar-refractivity contribution is 5.61. The predicted molar refractivity (Wildman–Crippen MR) is 53.9 cm³/mol. The zero-order chi connectivity index (χ0) is 9.68. The van der Waals surface area contributed by atoms with E-state index in [4.69, 9.17) is 9.47 Å². The Hall–Kier alpha value is -1.70. The summed E-state index contributed by atoms with van der Waals surface area (Å²) in [6.45, 7) is 7.17. The fourth-order valence-electron chi connectivity index (χ4n) is 1.06. The minimum absolute atomic E-state index is 0.648. The molecular weight excluding hydrogens is 164 g/mol. The molecule has 0 saturated carbocycles. The first-order chi connectivity index (χ1) is 6.33. The third-order valence-electron chi connectivity index (χ3n) is 1.65. The Balaban J connectivity index is 3.20. The minimum atomic E-state index is 0.648. The number of para-hydroxylation sites is 1. The Morgan fingerprint density at radius 3 is 2.62 bits per heavy atom. The van der Waals surface area contributed by atoms with Crippen LogP contribution in [0.5, 0.6) is 11.5 Å². The fraction of sp³-hybridized carbons (Fsp3) is 0.0909. The average Bonchev–Trinajstić information content (AvgIpc) is 2.18. The molecule has 0 N–H and O–H groups in total. The summed E-state index contributed by atoms with van der Waals surface area (Å²) in [7, 11) is 1.60. The lowest BCUT2D eigenvalue weighted by Crippen LogP contribution is -1.91. The maximum atomic E-state index is 5.22. The number of methoxy groups -OCH3 is 1. The molecule has 0 aliphatic carbocycles. The molecule has 0 heterocycles. The highest BCUT2D eigenvalue weighted by atomic mass is 16.5. The number of benzene rings is 1. The van der Waals surface area contributed by atoms with Crippen LogP contribution in [0.2, 0.25) is 0 Å². The van der Waals surface area contributed by atoms with Crippen molar-refractivity contribution in [3.8, 4) is 11.5 Å². The van der Waals surface area contributed by atoms with E-state index in [0.29, 0.717) is 11.5 Å². The van der Waals surface area contributed by atoms with Crippen LogP contribution in [0, 0.1) is 0 Å². The summed E-state index contributed by atoms with van der Waals surface area (Å²) < 4.78 is 10.3. The van der Waals surface area contributed by atoms with Gasteiger partial charge in [0.05, 0.1) is 13.4 Å². The standard InChI is InChI=1S/C11H12O2/c1-4-9-7-6-8-10(12-3)11(9)13-5-2/h4-8H,1-2H2,3H3. The molecule has 0 fully saturated rings. The molecule has 68 valence electrons. The number of rotatable bonds is 4. The van der Waals surface area contributed by atoms with Crippen LogP contribution in [-0.2, 0) is 0 Å².